The number of benzene rings is 4. The molecule has 0 saturated carbocycles. The van der Waals surface area contributed by atoms with Crippen molar-refractivity contribution in [2.24, 2.45) is 5.73 Å². The molecule has 4 N–H and O–H groups in total. The molecule has 75 heavy (non-hydrogen) atoms. The summed E-state index contributed by atoms with van der Waals surface area (Å²) in [6, 6.07) is 14.0. The molecule has 0 aliphatic rings. The van der Waals surface area contributed by atoms with Crippen LogP contribution in [-0.4, -0.2) is 67.7 Å². The van der Waals surface area contributed by atoms with Gasteiger partial charge in [-0.1, -0.05) is 12.1 Å². The number of anilines is 2. The van der Waals surface area contributed by atoms with Crippen molar-refractivity contribution in [2.45, 2.75) is 25.1 Å². The molecule has 0 bridgehead atoms. The monoisotopic (exact) mass is 1080 g/mol. The number of primary amides is 1. The van der Waals surface area contributed by atoms with Crippen LogP contribution in [0.5, 0.6) is 46.0 Å². The lowest BCUT2D eigenvalue weighted by Crippen LogP contribution is -2.20. The molecule has 0 atom stereocenters. The molecule has 2 aromatic heterocycles. The van der Waals surface area contributed by atoms with Crippen LogP contribution in [-0.2, 0) is 17.1 Å². The molecule has 0 aliphatic carbocycles. The molecule has 0 unspecified atom stereocenters. The third-order valence-corrected chi connectivity index (χ3v) is 9.08. The van der Waals surface area contributed by atoms with Gasteiger partial charge in [0.15, 0.2) is 40.3 Å². The minimum Gasteiger partial charge on any atom is -0.493 e. The van der Waals surface area contributed by atoms with Gasteiger partial charge < -0.3 is 49.5 Å². The number of methoxy groups -OCH3 is 3. The van der Waals surface area contributed by atoms with Gasteiger partial charge in [0.05, 0.1) is 32.5 Å². The highest BCUT2D eigenvalue weighted by Gasteiger charge is 2.40. The topological polar surface area (TPSA) is 209 Å². The van der Waals surface area contributed by atoms with Gasteiger partial charge in [-0.3, -0.25) is 14.4 Å². The molecule has 0 aliphatic heterocycles. The summed E-state index contributed by atoms with van der Waals surface area (Å²) in [4.78, 5) is 56.2. The molecule has 0 saturated heterocycles. The van der Waals surface area contributed by atoms with Crippen molar-refractivity contribution in [3.63, 3.8) is 0 Å². The first-order valence-corrected chi connectivity index (χ1v) is 19.9. The van der Waals surface area contributed by atoms with Crippen LogP contribution in [0.25, 0.3) is 0 Å². The Kier molecular flexibility index (Phi) is 17.2. The Hall–Kier alpha value is -9.12. The first kappa shape index (κ1) is 56.8. The minimum atomic E-state index is -5.20. The van der Waals surface area contributed by atoms with Gasteiger partial charge in [0.1, 0.15) is 51.5 Å². The van der Waals surface area contributed by atoms with Crippen LogP contribution in [0, 0.1) is 11.6 Å². The van der Waals surface area contributed by atoms with E-state index in [1.807, 2.05) is 5.32 Å². The molecule has 2 heterocycles. The second-order valence-corrected chi connectivity index (χ2v) is 14.1. The maximum absolute atomic E-state index is 15.0. The summed E-state index contributed by atoms with van der Waals surface area (Å²) in [5, 5.41) is 4.11. The Labute approximate surface area is 409 Å². The average Bonchev–Trinajstić information content (AvgIpc) is 3.30. The predicted octanol–water partition coefficient (Wildman–Crippen LogP) is 11.3. The highest BCUT2D eigenvalue weighted by atomic mass is 19.4. The van der Waals surface area contributed by atoms with Crippen molar-refractivity contribution >= 4 is 35.3 Å². The Morgan fingerprint density at radius 3 is 1.21 bits per heavy atom. The highest BCUT2D eigenvalue weighted by Crippen LogP contribution is 2.43. The third-order valence-electron chi connectivity index (χ3n) is 9.08. The Balaban J connectivity index is 0.000000277. The fourth-order valence-electron chi connectivity index (χ4n) is 5.97. The van der Waals surface area contributed by atoms with E-state index in [1.54, 1.807) is 0 Å². The van der Waals surface area contributed by atoms with Gasteiger partial charge in [-0.25, -0.2) is 23.5 Å². The summed E-state index contributed by atoms with van der Waals surface area (Å²) in [6.07, 6.45) is -20.5. The van der Waals surface area contributed by atoms with Crippen LogP contribution < -0.4 is 44.8 Å². The van der Waals surface area contributed by atoms with E-state index in [2.05, 4.69) is 29.5 Å². The van der Waals surface area contributed by atoms with Crippen LogP contribution in [0.1, 0.15) is 52.8 Å². The van der Waals surface area contributed by atoms with E-state index in [-0.39, 0.29) is 46.0 Å². The number of hydrogen-bond acceptors (Lipinski definition) is 13. The molecule has 6 rings (SSSR count). The lowest BCUT2D eigenvalue weighted by Gasteiger charge is -2.17. The Morgan fingerprint density at radius 2 is 0.867 bits per heavy atom. The van der Waals surface area contributed by atoms with Gasteiger partial charge in [0, 0.05) is 12.1 Å². The Morgan fingerprint density at radius 1 is 0.493 bits per heavy atom. The predicted molar refractivity (Wildman–Crippen MR) is 227 cm³/mol. The van der Waals surface area contributed by atoms with E-state index in [9.17, 15) is 76.3 Å². The number of hydrogen-bond donors (Lipinski definition) is 3. The lowest BCUT2D eigenvalue weighted by atomic mass is 10.1. The number of esters is 1. The standard InChI is InChI=1S/C23H15F7N2O6.C22H14F7N3O5/c1-35-16-10-11(38-23(28,29)30)6-8-14(16)37-15-9-7-12(22(25,26)27)19(24)18(15)20(33)32-17-5-3-4-13(31-17)21(34)36-2;1-35-15-9-10(37-22(27,28)29)5-7-13(15)36-14-8-6-11(21(24,25)26)18(23)17(14)20(34)32-16-4-2-3-12(31-16)19(30)33/h3-10H,1-2H3,(H,31,32,33);2-9H,1H3,(H2,30,33)(H,31,32,34). The van der Waals surface area contributed by atoms with Crippen LogP contribution in [0.4, 0.5) is 73.1 Å². The maximum Gasteiger partial charge on any atom is 0.573 e. The number of nitrogens with two attached hydrogens (primary N) is 1. The largest absolute Gasteiger partial charge is 0.573 e. The average molecular weight is 1080 g/mol. The molecular formula is C45H29F14N5O11. The summed E-state index contributed by atoms with van der Waals surface area (Å²) in [5.74, 6) is -14.0. The molecule has 398 valence electrons. The molecule has 30 heteroatoms. The van der Waals surface area contributed by atoms with Gasteiger partial charge in [-0.05, 0) is 72.8 Å². The van der Waals surface area contributed by atoms with Crippen LogP contribution in [0.3, 0.4) is 0 Å². The summed E-state index contributed by atoms with van der Waals surface area (Å²) >= 11 is 0. The van der Waals surface area contributed by atoms with Crippen molar-refractivity contribution in [2.75, 3.05) is 32.0 Å². The molecule has 3 amide bonds. The maximum atomic E-state index is 15.0. The molecule has 0 fully saturated rings. The van der Waals surface area contributed by atoms with Crippen molar-refractivity contribution in [1.82, 2.24) is 9.97 Å². The zero-order chi connectivity index (χ0) is 55.8. The van der Waals surface area contributed by atoms with Gasteiger partial charge >= 0.3 is 31.0 Å². The second-order valence-electron chi connectivity index (χ2n) is 14.1. The quantitative estimate of drug-likeness (QED) is 0.0686. The second kappa shape index (κ2) is 22.7. The summed E-state index contributed by atoms with van der Waals surface area (Å²) < 4.78 is 218. The Bertz CT molecular complexity index is 3110. The van der Waals surface area contributed by atoms with Crippen molar-refractivity contribution in [1.29, 1.82) is 0 Å². The number of carbonyl (C=O) groups is 4. The number of aromatic nitrogens is 2. The molecule has 0 radical (unpaired) electrons. The van der Waals surface area contributed by atoms with E-state index in [4.69, 9.17) is 24.7 Å². The molecule has 6 aromatic rings. The van der Waals surface area contributed by atoms with Gasteiger partial charge in [-0.15, -0.1) is 26.3 Å². The number of pyridine rings is 2. The number of ether oxygens (including phenoxy) is 7. The van der Waals surface area contributed by atoms with Crippen molar-refractivity contribution < 1.29 is 114 Å². The number of nitrogens with zero attached hydrogens (tertiary/aromatic N) is 2. The lowest BCUT2D eigenvalue weighted by molar-refractivity contribution is -0.275. The van der Waals surface area contributed by atoms with E-state index in [0.717, 1.165) is 63.8 Å². The summed E-state index contributed by atoms with van der Waals surface area (Å²) in [6.45, 7) is 0. The van der Waals surface area contributed by atoms with Crippen molar-refractivity contribution in [3.8, 4) is 46.0 Å². The van der Waals surface area contributed by atoms with E-state index in [1.165, 1.54) is 30.3 Å². The minimum absolute atomic E-state index is 0.266. The van der Waals surface area contributed by atoms with E-state index in [0.29, 0.717) is 24.3 Å². The molecule has 0 spiro atoms. The van der Waals surface area contributed by atoms with Gasteiger partial charge in [-0.2, -0.15) is 26.3 Å². The normalized spacial score (nSPS) is 11.5. The third kappa shape index (κ3) is 15.0. The number of halogens is 14. The summed E-state index contributed by atoms with van der Waals surface area (Å²) in [5.41, 5.74) is -1.51. The fourth-order valence-corrected chi connectivity index (χ4v) is 5.97. The van der Waals surface area contributed by atoms with Crippen molar-refractivity contribution in [3.05, 3.63) is 142 Å². The van der Waals surface area contributed by atoms with Crippen LogP contribution in [0.15, 0.2) is 97.1 Å². The fraction of sp³-hybridized carbons (Fsp3) is 0.156. The smallest absolute Gasteiger partial charge is 0.493 e. The number of rotatable bonds is 14. The zero-order valence-corrected chi connectivity index (χ0v) is 37.5. The first-order chi connectivity index (χ1) is 34.9. The van der Waals surface area contributed by atoms with Crippen LogP contribution in [0.2, 0.25) is 0 Å². The zero-order valence-electron chi connectivity index (χ0n) is 37.5. The molecular weight excluding hydrogens is 1050 g/mol. The van der Waals surface area contributed by atoms with Gasteiger partial charge in [0.2, 0.25) is 0 Å². The number of alkyl halides is 12. The van der Waals surface area contributed by atoms with Gasteiger partial charge in [0.25, 0.3) is 17.7 Å². The van der Waals surface area contributed by atoms with E-state index < -0.39 is 106 Å². The highest BCUT2D eigenvalue weighted by molar-refractivity contribution is 6.07. The first-order valence-electron chi connectivity index (χ1n) is 19.9. The summed E-state index contributed by atoms with van der Waals surface area (Å²) in [7, 11) is 3.14. The number of nitrogens with one attached hydrogen (secondary N) is 2. The molecule has 4 aromatic carbocycles. The van der Waals surface area contributed by atoms with Crippen LogP contribution >= 0.6 is 0 Å². The van der Waals surface area contributed by atoms with E-state index >= 15 is 4.39 Å². The number of carbonyl (C=O) groups excluding carboxylic acids is 4. The number of amides is 3. The SMILES string of the molecule is COC(=O)c1cccc(NC(=O)c2c(Oc3ccc(OC(F)(F)F)cc3OC)ccc(C(F)(F)F)c2F)n1.COc1cc(OC(F)(F)F)ccc1Oc1ccc(C(F)(F)F)c(F)c1C(=O)Nc1cccc(C(N)=O)n1. The molecule has 16 nitrogen and oxygen atoms in total.